The fraction of sp³-hybridized carbons (Fsp3) is 0.389. The van der Waals surface area contributed by atoms with E-state index in [1.807, 2.05) is 26.0 Å². The lowest BCUT2D eigenvalue weighted by Crippen LogP contribution is -2.29. The van der Waals surface area contributed by atoms with Crippen LogP contribution in [-0.2, 0) is 4.79 Å². The van der Waals surface area contributed by atoms with Gasteiger partial charge in [-0.1, -0.05) is 42.7 Å². The summed E-state index contributed by atoms with van der Waals surface area (Å²) >= 11 is 5.90. The number of hydrogen-bond donors (Lipinski definition) is 1. The van der Waals surface area contributed by atoms with Crippen molar-refractivity contribution in [3.8, 4) is 0 Å². The third-order valence-electron chi connectivity index (χ3n) is 4.55. The van der Waals surface area contributed by atoms with Gasteiger partial charge < -0.3 is 14.5 Å². The van der Waals surface area contributed by atoms with Crippen LogP contribution >= 0.6 is 11.6 Å². The number of aromatic nitrogens is 1. The molecule has 132 valence electrons. The summed E-state index contributed by atoms with van der Waals surface area (Å²) in [6, 6.07) is 8.69. The lowest BCUT2D eigenvalue weighted by atomic mass is 9.89. The minimum atomic E-state index is -0.921. The molecule has 1 fully saturated rings. The number of carbonyl (C=O) groups excluding carboxylic acids is 1. The Morgan fingerprint density at radius 3 is 2.52 bits per heavy atom. The van der Waals surface area contributed by atoms with Crippen LogP contribution in [0.1, 0.15) is 47.5 Å². The van der Waals surface area contributed by atoms with E-state index in [0.717, 1.165) is 5.56 Å². The summed E-state index contributed by atoms with van der Waals surface area (Å²) in [5, 5.41) is 14.0. The zero-order valence-corrected chi connectivity index (χ0v) is 14.7. The van der Waals surface area contributed by atoms with Crippen LogP contribution in [0.25, 0.3) is 0 Å². The van der Waals surface area contributed by atoms with Gasteiger partial charge in [0, 0.05) is 30.1 Å². The standard InChI is InChI=1S/C18H19ClN2O4/c1-10(2)15-7-16(25-20-15)17(22)21-8-13(14(9-21)18(23)24)11-3-5-12(19)6-4-11/h3-7,10,13-14H,8-9H2,1-2H3,(H,23,24)/t13-,14+/m0/s1. The number of carbonyl (C=O) groups is 2. The number of carboxylic acid groups (broad SMARTS) is 1. The first-order valence-corrected chi connectivity index (χ1v) is 8.48. The molecule has 1 amide bonds. The van der Waals surface area contributed by atoms with Gasteiger partial charge in [-0.2, -0.15) is 0 Å². The molecule has 2 aromatic rings. The summed E-state index contributed by atoms with van der Waals surface area (Å²) < 4.78 is 5.15. The van der Waals surface area contributed by atoms with Gasteiger partial charge in [-0.25, -0.2) is 0 Å². The van der Waals surface area contributed by atoms with E-state index in [-0.39, 0.29) is 30.0 Å². The summed E-state index contributed by atoms with van der Waals surface area (Å²) in [4.78, 5) is 25.8. The molecule has 6 nitrogen and oxygen atoms in total. The Hall–Kier alpha value is -2.34. The maximum Gasteiger partial charge on any atom is 0.308 e. The van der Waals surface area contributed by atoms with Gasteiger partial charge in [-0.3, -0.25) is 9.59 Å². The van der Waals surface area contributed by atoms with E-state index in [2.05, 4.69) is 5.16 Å². The van der Waals surface area contributed by atoms with E-state index in [4.69, 9.17) is 16.1 Å². The van der Waals surface area contributed by atoms with Gasteiger partial charge >= 0.3 is 5.97 Å². The van der Waals surface area contributed by atoms with Crippen LogP contribution in [0, 0.1) is 5.92 Å². The number of nitrogens with zero attached hydrogens (tertiary/aromatic N) is 2. The van der Waals surface area contributed by atoms with Crippen molar-refractivity contribution in [1.29, 1.82) is 0 Å². The number of aliphatic carboxylic acids is 1. The molecule has 0 spiro atoms. The molecule has 1 aliphatic rings. The zero-order valence-electron chi connectivity index (χ0n) is 14.0. The van der Waals surface area contributed by atoms with Crippen LogP contribution in [-0.4, -0.2) is 40.1 Å². The molecule has 2 atom stereocenters. The number of amides is 1. The largest absolute Gasteiger partial charge is 0.481 e. The lowest BCUT2D eigenvalue weighted by Gasteiger charge is -2.15. The second-order valence-corrected chi connectivity index (χ2v) is 7.02. The smallest absolute Gasteiger partial charge is 0.308 e. The molecule has 0 saturated carbocycles. The fourth-order valence-corrected chi connectivity index (χ4v) is 3.21. The monoisotopic (exact) mass is 362 g/mol. The second kappa shape index (κ2) is 6.88. The number of hydrogen-bond acceptors (Lipinski definition) is 4. The normalized spacial score (nSPS) is 20.2. The average molecular weight is 363 g/mol. The van der Waals surface area contributed by atoms with Gasteiger partial charge in [0.2, 0.25) is 5.76 Å². The molecule has 1 saturated heterocycles. The van der Waals surface area contributed by atoms with Crippen LogP contribution in [0.3, 0.4) is 0 Å². The van der Waals surface area contributed by atoms with Gasteiger partial charge in [0.25, 0.3) is 5.91 Å². The van der Waals surface area contributed by atoms with Gasteiger partial charge in [-0.15, -0.1) is 0 Å². The molecule has 7 heteroatoms. The van der Waals surface area contributed by atoms with E-state index in [0.29, 0.717) is 17.3 Å². The Kier molecular flexibility index (Phi) is 4.81. The topological polar surface area (TPSA) is 83.6 Å². The summed E-state index contributed by atoms with van der Waals surface area (Å²) in [5.41, 5.74) is 1.55. The summed E-state index contributed by atoms with van der Waals surface area (Å²) in [7, 11) is 0. The molecule has 1 aromatic carbocycles. The van der Waals surface area contributed by atoms with Crippen molar-refractivity contribution >= 4 is 23.5 Å². The molecule has 3 rings (SSSR count). The SMILES string of the molecule is CC(C)c1cc(C(=O)N2C[C@@H](C(=O)O)[C@H](c3ccc(Cl)cc3)C2)on1. The summed E-state index contributed by atoms with van der Waals surface area (Å²) in [6.07, 6.45) is 0. The van der Waals surface area contributed by atoms with Gasteiger partial charge in [0.15, 0.2) is 0 Å². The highest BCUT2D eigenvalue weighted by Crippen LogP contribution is 2.34. The second-order valence-electron chi connectivity index (χ2n) is 6.58. The number of likely N-dealkylation sites (tertiary alicyclic amines) is 1. The number of rotatable bonds is 4. The van der Waals surface area contributed by atoms with Gasteiger partial charge in [-0.05, 0) is 23.6 Å². The van der Waals surface area contributed by atoms with Crippen LogP contribution in [0.15, 0.2) is 34.9 Å². The Bertz CT molecular complexity index is 785. The number of benzene rings is 1. The molecule has 0 bridgehead atoms. The van der Waals surface area contributed by atoms with Crippen molar-refractivity contribution in [1.82, 2.24) is 10.1 Å². The van der Waals surface area contributed by atoms with Crippen molar-refractivity contribution in [2.24, 2.45) is 5.92 Å². The van der Waals surface area contributed by atoms with Crippen molar-refractivity contribution in [3.05, 3.63) is 52.4 Å². The maximum atomic E-state index is 12.7. The van der Waals surface area contributed by atoms with Crippen molar-refractivity contribution in [3.63, 3.8) is 0 Å². The molecule has 2 heterocycles. The number of carboxylic acids is 1. The third kappa shape index (κ3) is 3.54. The van der Waals surface area contributed by atoms with E-state index < -0.39 is 11.9 Å². The quantitative estimate of drug-likeness (QED) is 0.901. The Morgan fingerprint density at radius 1 is 1.28 bits per heavy atom. The molecule has 0 radical (unpaired) electrons. The Balaban J connectivity index is 1.82. The molecule has 1 N–H and O–H groups in total. The first kappa shape index (κ1) is 17.5. The Morgan fingerprint density at radius 2 is 1.96 bits per heavy atom. The molecule has 1 aliphatic heterocycles. The van der Waals surface area contributed by atoms with E-state index >= 15 is 0 Å². The van der Waals surface area contributed by atoms with Crippen LogP contribution in [0.4, 0.5) is 0 Å². The lowest BCUT2D eigenvalue weighted by molar-refractivity contribution is -0.141. The van der Waals surface area contributed by atoms with E-state index in [9.17, 15) is 14.7 Å². The minimum Gasteiger partial charge on any atom is -0.481 e. The molecular weight excluding hydrogens is 344 g/mol. The van der Waals surface area contributed by atoms with E-state index in [1.54, 1.807) is 18.2 Å². The maximum absolute atomic E-state index is 12.7. The minimum absolute atomic E-state index is 0.138. The molecule has 0 aliphatic carbocycles. The molecular formula is C18H19ClN2O4. The molecule has 25 heavy (non-hydrogen) atoms. The zero-order chi connectivity index (χ0) is 18.1. The Labute approximate surface area is 150 Å². The molecule has 0 unspecified atom stereocenters. The van der Waals surface area contributed by atoms with E-state index in [1.165, 1.54) is 4.90 Å². The predicted octanol–water partition coefficient (Wildman–Crippen LogP) is 3.39. The number of halogens is 1. The highest BCUT2D eigenvalue weighted by molar-refractivity contribution is 6.30. The third-order valence-corrected chi connectivity index (χ3v) is 4.81. The van der Waals surface area contributed by atoms with Gasteiger partial charge in [0.05, 0.1) is 11.6 Å². The van der Waals surface area contributed by atoms with Crippen LogP contribution < -0.4 is 0 Å². The van der Waals surface area contributed by atoms with Crippen molar-refractivity contribution in [2.75, 3.05) is 13.1 Å². The fourth-order valence-electron chi connectivity index (χ4n) is 3.09. The first-order valence-electron chi connectivity index (χ1n) is 8.11. The van der Waals surface area contributed by atoms with Crippen LogP contribution in [0.2, 0.25) is 5.02 Å². The van der Waals surface area contributed by atoms with Gasteiger partial charge in [0.1, 0.15) is 0 Å². The van der Waals surface area contributed by atoms with Crippen molar-refractivity contribution < 1.29 is 19.2 Å². The van der Waals surface area contributed by atoms with Crippen LogP contribution in [0.5, 0.6) is 0 Å². The first-order chi connectivity index (χ1) is 11.9. The van der Waals surface area contributed by atoms with Crippen molar-refractivity contribution in [2.45, 2.75) is 25.7 Å². The molecule has 1 aromatic heterocycles. The highest BCUT2D eigenvalue weighted by atomic mass is 35.5. The summed E-state index contributed by atoms with van der Waals surface area (Å²) in [6.45, 7) is 4.37. The highest BCUT2D eigenvalue weighted by Gasteiger charge is 2.41. The average Bonchev–Trinajstić information content (AvgIpc) is 3.22. The summed E-state index contributed by atoms with van der Waals surface area (Å²) in [5.74, 6) is -1.91. The predicted molar refractivity (Wildman–Crippen MR) is 91.8 cm³/mol.